The van der Waals surface area contributed by atoms with E-state index in [2.05, 4.69) is 31.6 Å². The molecule has 1 atom stereocenters. The highest BCUT2D eigenvalue weighted by molar-refractivity contribution is 9.10. The lowest BCUT2D eigenvalue weighted by Crippen LogP contribution is -2.42. The molecule has 1 aliphatic heterocycles. The summed E-state index contributed by atoms with van der Waals surface area (Å²) >= 11 is 4.61. The van der Waals surface area contributed by atoms with Crippen LogP contribution in [-0.2, 0) is 15.1 Å². The number of nitrogens with zero attached hydrogens (tertiary/aromatic N) is 1. The molecular weight excluding hydrogens is 378 g/mol. The van der Waals surface area contributed by atoms with Crippen molar-refractivity contribution in [2.75, 3.05) is 5.75 Å². The van der Waals surface area contributed by atoms with E-state index in [1.54, 1.807) is 6.92 Å². The Morgan fingerprint density at radius 1 is 1.35 bits per heavy atom. The van der Waals surface area contributed by atoms with Crippen LogP contribution in [-0.4, -0.2) is 28.3 Å². The quantitative estimate of drug-likeness (QED) is 0.823. The zero-order valence-electron chi connectivity index (χ0n) is 13.6. The first-order valence-corrected chi connectivity index (χ1v) is 8.99. The summed E-state index contributed by atoms with van der Waals surface area (Å²) in [5.74, 6) is -0.0532. The molecule has 2 rings (SSSR count). The van der Waals surface area contributed by atoms with Crippen LogP contribution in [0.2, 0.25) is 0 Å². The number of carbonyl (C=O) groups excluding carboxylic acids is 2. The molecule has 2 N–H and O–H groups in total. The summed E-state index contributed by atoms with van der Waals surface area (Å²) in [4.78, 5) is 28.7. The van der Waals surface area contributed by atoms with Crippen LogP contribution in [0.4, 0.5) is 0 Å². The van der Waals surface area contributed by atoms with Gasteiger partial charge in [-0.3, -0.25) is 9.59 Å². The number of halogens is 1. The van der Waals surface area contributed by atoms with Crippen molar-refractivity contribution in [1.82, 2.24) is 10.6 Å². The number of thioether (sulfide) groups is 1. The summed E-state index contributed by atoms with van der Waals surface area (Å²) < 4.78 is 0.945. The third-order valence-corrected chi connectivity index (χ3v) is 4.65. The van der Waals surface area contributed by atoms with E-state index in [9.17, 15) is 9.59 Å². The van der Waals surface area contributed by atoms with Gasteiger partial charge in [0.15, 0.2) is 10.7 Å². The van der Waals surface area contributed by atoms with E-state index < -0.39 is 5.54 Å². The summed E-state index contributed by atoms with van der Waals surface area (Å²) in [5, 5.41) is 6.11. The molecule has 5 nitrogen and oxygen atoms in total. The monoisotopic (exact) mass is 397 g/mol. The van der Waals surface area contributed by atoms with E-state index in [-0.39, 0.29) is 23.1 Å². The van der Waals surface area contributed by atoms with Crippen LogP contribution in [0.1, 0.15) is 33.3 Å². The number of rotatable bonds is 3. The molecule has 1 aliphatic rings. The van der Waals surface area contributed by atoms with Gasteiger partial charge in [-0.1, -0.05) is 39.8 Å². The summed E-state index contributed by atoms with van der Waals surface area (Å²) in [5.41, 5.74) is -0.415. The number of aliphatic imine (C=N–C) groups is 1. The summed E-state index contributed by atoms with van der Waals surface area (Å²) in [6.45, 7) is 7.55. The minimum Gasteiger partial charge on any atom is -0.351 e. The maximum absolute atomic E-state index is 12.3. The highest BCUT2D eigenvalue weighted by atomic mass is 79.9. The topological polar surface area (TPSA) is 70.6 Å². The van der Waals surface area contributed by atoms with Crippen molar-refractivity contribution in [2.24, 2.45) is 4.99 Å². The van der Waals surface area contributed by atoms with Crippen molar-refractivity contribution >= 4 is 44.7 Å². The van der Waals surface area contributed by atoms with Crippen LogP contribution in [0.15, 0.2) is 33.7 Å². The average molecular weight is 398 g/mol. The molecule has 0 saturated heterocycles. The minimum atomic E-state index is -0.955. The first-order valence-electron chi connectivity index (χ1n) is 7.21. The second-order valence-corrected chi connectivity index (χ2v) is 8.42. The molecule has 0 saturated carbocycles. The van der Waals surface area contributed by atoms with Crippen molar-refractivity contribution < 1.29 is 9.59 Å². The maximum Gasteiger partial charge on any atom is 0.258 e. The average Bonchev–Trinajstić information content (AvgIpc) is 2.72. The Morgan fingerprint density at radius 3 is 2.52 bits per heavy atom. The Kier molecular flexibility index (Phi) is 5.20. The lowest BCUT2D eigenvalue weighted by Gasteiger charge is -2.20. The molecule has 23 heavy (non-hydrogen) atoms. The van der Waals surface area contributed by atoms with E-state index in [1.807, 2.05) is 45.0 Å². The van der Waals surface area contributed by atoms with Crippen LogP contribution in [0.25, 0.3) is 0 Å². The standard InChI is InChI=1S/C16H20BrN3O2S/c1-15(2,3)19-12(21)9-23-14-18-13(22)16(4,20-14)10-5-7-11(17)8-6-10/h5-8H,9H2,1-4H3,(H,19,21)(H,18,20,22)/t16-/m1/s1. The molecule has 1 heterocycles. The van der Waals surface area contributed by atoms with Crippen LogP contribution in [0.5, 0.6) is 0 Å². The molecule has 124 valence electrons. The van der Waals surface area contributed by atoms with Crippen LogP contribution in [0, 0.1) is 0 Å². The van der Waals surface area contributed by atoms with Crippen molar-refractivity contribution in [3.63, 3.8) is 0 Å². The van der Waals surface area contributed by atoms with Gasteiger partial charge in [-0.05, 0) is 45.4 Å². The summed E-state index contributed by atoms with van der Waals surface area (Å²) in [7, 11) is 0. The van der Waals surface area contributed by atoms with Crippen molar-refractivity contribution in [3.8, 4) is 0 Å². The summed E-state index contributed by atoms with van der Waals surface area (Å²) in [6.07, 6.45) is 0. The molecule has 2 amide bonds. The Morgan fingerprint density at radius 2 is 1.96 bits per heavy atom. The van der Waals surface area contributed by atoms with Gasteiger partial charge in [0, 0.05) is 10.0 Å². The Hall–Kier alpha value is -1.34. The van der Waals surface area contributed by atoms with E-state index in [0.717, 1.165) is 10.0 Å². The van der Waals surface area contributed by atoms with Crippen molar-refractivity contribution in [1.29, 1.82) is 0 Å². The fraction of sp³-hybridized carbons (Fsp3) is 0.438. The predicted octanol–water partition coefficient (Wildman–Crippen LogP) is 2.80. The zero-order valence-corrected chi connectivity index (χ0v) is 16.0. The normalized spacial score (nSPS) is 20.9. The van der Waals surface area contributed by atoms with Crippen molar-refractivity contribution in [2.45, 2.75) is 38.8 Å². The molecule has 0 spiro atoms. The number of nitrogens with one attached hydrogen (secondary N) is 2. The van der Waals surface area contributed by atoms with Gasteiger partial charge in [-0.15, -0.1) is 0 Å². The number of carbonyl (C=O) groups is 2. The Labute approximate surface area is 148 Å². The second-order valence-electron chi connectivity index (χ2n) is 6.54. The lowest BCUT2D eigenvalue weighted by molar-refractivity contribution is -0.123. The molecule has 0 fully saturated rings. The van der Waals surface area contributed by atoms with Crippen LogP contribution in [0.3, 0.4) is 0 Å². The number of amides is 2. The van der Waals surface area contributed by atoms with E-state index >= 15 is 0 Å². The molecular formula is C16H20BrN3O2S. The first kappa shape index (κ1) is 18.0. The van der Waals surface area contributed by atoms with Gasteiger partial charge < -0.3 is 10.6 Å². The number of hydrogen-bond donors (Lipinski definition) is 2. The zero-order chi connectivity index (χ0) is 17.3. The third kappa shape index (κ3) is 4.57. The minimum absolute atomic E-state index is 0.0864. The van der Waals surface area contributed by atoms with E-state index in [4.69, 9.17) is 0 Å². The van der Waals surface area contributed by atoms with Gasteiger partial charge >= 0.3 is 0 Å². The highest BCUT2D eigenvalue weighted by Gasteiger charge is 2.40. The maximum atomic E-state index is 12.3. The van der Waals surface area contributed by atoms with E-state index in [0.29, 0.717) is 5.17 Å². The van der Waals surface area contributed by atoms with Crippen LogP contribution < -0.4 is 10.6 Å². The van der Waals surface area contributed by atoms with Crippen LogP contribution >= 0.6 is 27.7 Å². The van der Waals surface area contributed by atoms with E-state index in [1.165, 1.54) is 11.8 Å². The molecule has 0 aliphatic carbocycles. The molecule has 1 aromatic rings. The first-order chi connectivity index (χ1) is 10.6. The van der Waals surface area contributed by atoms with Gasteiger partial charge in [0.25, 0.3) is 5.91 Å². The van der Waals surface area contributed by atoms with Gasteiger partial charge in [0.05, 0.1) is 5.75 Å². The molecule has 0 aromatic heterocycles. The smallest absolute Gasteiger partial charge is 0.258 e. The van der Waals surface area contributed by atoms with Gasteiger partial charge in [-0.25, -0.2) is 4.99 Å². The molecule has 7 heteroatoms. The molecule has 0 radical (unpaired) electrons. The molecule has 1 aromatic carbocycles. The number of benzene rings is 1. The largest absolute Gasteiger partial charge is 0.351 e. The fourth-order valence-electron chi connectivity index (χ4n) is 2.13. The lowest BCUT2D eigenvalue weighted by atomic mass is 9.93. The fourth-order valence-corrected chi connectivity index (χ4v) is 3.14. The van der Waals surface area contributed by atoms with Crippen molar-refractivity contribution in [3.05, 3.63) is 34.3 Å². The molecule has 0 bridgehead atoms. The third-order valence-electron chi connectivity index (χ3n) is 3.25. The second kappa shape index (κ2) is 6.65. The highest BCUT2D eigenvalue weighted by Crippen LogP contribution is 2.31. The molecule has 0 unspecified atom stereocenters. The summed E-state index contributed by atoms with van der Waals surface area (Å²) in [6, 6.07) is 7.50. The van der Waals surface area contributed by atoms with Gasteiger partial charge in [0.2, 0.25) is 5.91 Å². The Balaban J connectivity index is 2.06. The Bertz CT molecular complexity index is 652. The SMILES string of the molecule is CC(C)(C)NC(=O)CSC1=N[C@](C)(c2ccc(Br)cc2)C(=O)N1. The van der Waals surface area contributed by atoms with Gasteiger partial charge in [0.1, 0.15) is 0 Å². The number of amidine groups is 1. The number of hydrogen-bond acceptors (Lipinski definition) is 4. The van der Waals surface area contributed by atoms with Gasteiger partial charge in [-0.2, -0.15) is 0 Å². The predicted molar refractivity (Wildman–Crippen MR) is 97.4 cm³/mol.